The number of hydrogen-bond donors (Lipinski definition) is 1. The van der Waals surface area contributed by atoms with Crippen molar-refractivity contribution >= 4 is 11.7 Å². The average molecular weight is 197 g/mol. The number of carboxylic acids is 1. The van der Waals surface area contributed by atoms with Gasteiger partial charge in [0.05, 0.1) is 11.9 Å². The average Bonchev–Trinajstić information content (AvgIpc) is 2.54. The predicted octanol–water partition coefficient (Wildman–Crippen LogP) is 0.814. The summed E-state index contributed by atoms with van der Waals surface area (Å²) in [6.07, 6.45) is 3.44. The van der Waals surface area contributed by atoms with Gasteiger partial charge < -0.3 is 10.0 Å². The van der Waals surface area contributed by atoms with E-state index < -0.39 is 5.97 Å². The van der Waals surface area contributed by atoms with Crippen molar-refractivity contribution in [2.24, 2.45) is 0 Å². The van der Waals surface area contributed by atoms with Gasteiger partial charge in [0.15, 0.2) is 0 Å². The van der Waals surface area contributed by atoms with Crippen LogP contribution in [0.2, 0.25) is 0 Å². The first-order valence-electron chi connectivity index (χ1n) is 4.66. The zero-order valence-electron chi connectivity index (χ0n) is 8.47. The summed E-state index contributed by atoms with van der Waals surface area (Å²) < 4.78 is 1.43. The predicted molar refractivity (Wildman–Crippen MR) is 53.4 cm³/mol. The first kappa shape index (κ1) is 10.6. The van der Waals surface area contributed by atoms with Crippen LogP contribution in [0.5, 0.6) is 0 Å². The van der Waals surface area contributed by atoms with E-state index in [0.29, 0.717) is 0 Å². The van der Waals surface area contributed by atoms with Gasteiger partial charge in [0.25, 0.3) is 0 Å². The van der Waals surface area contributed by atoms with Crippen LogP contribution in [0, 0.1) is 0 Å². The quantitative estimate of drug-likeness (QED) is 0.759. The minimum absolute atomic E-state index is 0.0821. The number of hydrogen-bond acceptors (Lipinski definition) is 3. The maximum Gasteiger partial charge on any atom is 0.325 e. The molecule has 0 aliphatic heterocycles. The van der Waals surface area contributed by atoms with Crippen LogP contribution in [-0.2, 0) is 11.3 Å². The van der Waals surface area contributed by atoms with Gasteiger partial charge in [-0.15, -0.1) is 0 Å². The van der Waals surface area contributed by atoms with Crippen molar-refractivity contribution < 1.29 is 9.90 Å². The number of anilines is 1. The van der Waals surface area contributed by atoms with Crippen LogP contribution in [0.15, 0.2) is 12.4 Å². The smallest absolute Gasteiger partial charge is 0.325 e. The largest absolute Gasteiger partial charge is 0.480 e. The van der Waals surface area contributed by atoms with Crippen molar-refractivity contribution in [2.75, 3.05) is 18.0 Å². The highest BCUT2D eigenvalue weighted by Gasteiger charge is 2.06. The minimum Gasteiger partial charge on any atom is -0.480 e. The maximum atomic E-state index is 10.4. The molecule has 5 nitrogen and oxygen atoms in total. The molecule has 14 heavy (non-hydrogen) atoms. The van der Waals surface area contributed by atoms with Crippen molar-refractivity contribution in [3.63, 3.8) is 0 Å². The molecule has 0 amide bonds. The molecular weight excluding hydrogens is 182 g/mol. The summed E-state index contributed by atoms with van der Waals surface area (Å²) in [6.45, 7) is 5.82. The summed E-state index contributed by atoms with van der Waals surface area (Å²) >= 11 is 0. The maximum absolute atomic E-state index is 10.4. The van der Waals surface area contributed by atoms with Crippen molar-refractivity contribution in [2.45, 2.75) is 20.4 Å². The zero-order chi connectivity index (χ0) is 10.6. The van der Waals surface area contributed by atoms with Gasteiger partial charge in [0.1, 0.15) is 6.54 Å². The highest BCUT2D eigenvalue weighted by molar-refractivity contribution is 5.66. The van der Waals surface area contributed by atoms with E-state index in [4.69, 9.17) is 5.11 Å². The molecule has 1 aromatic rings. The number of carbonyl (C=O) groups is 1. The lowest BCUT2D eigenvalue weighted by molar-refractivity contribution is -0.137. The molecule has 1 N–H and O–H groups in total. The highest BCUT2D eigenvalue weighted by atomic mass is 16.4. The number of aromatic nitrogens is 2. The van der Waals surface area contributed by atoms with Crippen LogP contribution in [0.25, 0.3) is 0 Å². The Labute approximate surface area is 82.9 Å². The van der Waals surface area contributed by atoms with Crippen LogP contribution in [0.4, 0.5) is 5.69 Å². The van der Waals surface area contributed by atoms with Gasteiger partial charge in [0, 0.05) is 19.3 Å². The van der Waals surface area contributed by atoms with Gasteiger partial charge in [-0.2, -0.15) is 5.10 Å². The Hall–Kier alpha value is -1.52. The summed E-state index contributed by atoms with van der Waals surface area (Å²) in [5.41, 5.74) is 0.969. The second-order valence-corrected chi connectivity index (χ2v) is 2.96. The van der Waals surface area contributed by atoms with Crippen molar-refractivity contribution in [3.8, 4) is 0 Å². The van der Waals surface area contributed by atoms with Crippen molar-refractivity contribution in [3.05, 3.63) is 12.4 Å². The third kappa shape index (κ3) is 2.48. The normalized spacial score (nSPS) is 10.1. The Morgan fingerprint density at radius 2 is 2.21 bits per heavy atom. The van der Waals surface area contributed by atoms with E-state index in [1.165, 1.54) is 4.68 Å². The number of rotatable bonds is 5. The van der Waals surface area contributed by atoms with Crippen molar-refractivity contribution in [1.82, 2.24) is 9.78 Å². The summed E-state index contributed by atoms with van der Waals surface area (Å²) in [5.74, 6) is -0.876. The molecule has 0 atom stereocenters. The molecule has 78 valence electrons. The number of nitrogens with zero attached hydrogens (tertiary/aromatic N) is 3. The van der Waals surface area contributed by atoms with Crippen LogP contribution in [0.1, 0.15) is 13.8 Å². The molecule has 0 spiro atoms. The molecular formula is C9H15N3O2. The molecule has 0 saturated heterocycles. The topological polar surface area (TPSA) is 58.4 Å². The molecule has 0 fully saturated rings. The summed E-state index contributed by atoms with van der Waals surface area (Å²) in [4.78, 5) is 12.5. The Morgan fingerprint density at radius 1 is 1.57 bits per heavy atom. The molecule has 0 saturated carbocycles. The summed E-state index contributed by atoms with van der Waals surface area (Å²) in [5, 5.41) is 12.5. The van der Waals surface area contributed by atoms with Gasteiger partial charge >= 0.3 is 5.97 Å². The second-order valence-electron chi connectivity index (χ2n) is 2.96. The zero-order valence-corrected chi connectivity index (χ0v) is 8.47. The molecule has 0 aromatic carbocycles. The monoisotopic (exact) mass is 197 g/mol. The lowest BCUT2D eigenvalue weighted by Gasteiger charge is -2.17. The van der Waals surface area contributed by atoms with Crippen LogP contribution >= 0.6 is 0 Å². The van der Waals surface area contributed by atoms with E-state index in [0.717, 1.165) is 18.8 Å². The van der Waals surface area contributed by atoms with Gasteiger partial charge in [-0.3, -0.25) is 9.48 Å². The summed E-state index contributed by atoms with van der Waals surface area (Å²) in [6, 6.07) is 0. The first-order chi connectivity index (χ1) is 6.67. The standard InChI is InChI=1S/C9H15N3O2/c1-3-11(4-2)8-5-10-12(6-8)7-9(13)14/h5-6H,3-4,7H2,1-2H3,(H,13,14). The lowest BCUT2D eigenvalue weighted by atomic mass is 10.4. The second kappa shape index (κ2) is 4.64. The molecule has 1 aromatic heterocycles. The van der Waals surface area contributed by atoms with E-state index in [1.54, 1.807) is 12.4 Å². The van der Waals surface area contributed by atoms with Crippen LogP contribution in [0.3, 0.4) is 0 Å². The molecule has 5 heteroatoms. The molecule has 0 bridgehead atoms. The fourth-order valence-electron chi connectivity index (χ4n) is 1.33. The van der Waals surface area contributed by atoms with Crippen LogP contribution in [-0.4, -0.2) is 33.9 Å². The van der Waals surface area contributed by atoms with Gasteiger partial charge in [-0.25, -0.2) is 0 Å². The molecule has 0 aliphatic rings. The Bertz CT molecular complexity index is 305. The molecule has 1 heterocycles. The van der Waals surface area contributed by atoms with Gasteiger partial charge in [-0.1, -0.05) is 0 Å². The molecule has 0 radical (unpaired) electrons. The van der Waals surface area contributed by atoms with Crippen molar-refractivity contribution in [1.29, 1.82) is 0 Å². The molecule has 0 aliphatic carbocycles. The first-order valence-corrected chi connectivity index (χ1v) is 4.66. The number of carboxylic acid groups (broad SMARTS) is 1. The third-order valence-electron chi connectivity index (χ3n) is 2.05. The number of aliphatic carboxylic acids is 1. The van der Waals surface area contributed by atoms with E-state index in [-0.39, 0.29) is 6.54 Å². The Balaban J connectivity index is 2.71. The van der Waals surface area contributed by atoms with E-state index in [1.807, 2.05) is 0 Å². The molecule has 1 rings (SSSR count). The lowest BCUT2D eigenvalue weighted by Crippen LogP contribution is -2.21. The van der Waals surface area contributed by atoms with E-state index >= 15 is 0 Å². The third-order valence-corrected chi connectivity index (χ3v) is 2.05. The van der Waals surface area contributed by atoms with Gasteiger partial charge in [0.2, 0.25) is 0 Å². The van der Waals surface area contributed by atoms with Crippen LogP contribution < -0.4 is 4.90 Å². The van der Waals surface area contributed by atoms with E-state index in [9.17, 15) is 4.79 Å². The van der Waals surface area contributed by atoms with E-state index in [2.05, 4.69) is 23.8 Å². The molecule has 0 unspecified atom stereocenters. The minimum atomic E-state index is -0.876. The fourth-order valence-corrected chi connectivity index (χ4v) is 1.33. The SMILES string of the molecule is CCN(CC)c1cnn(CC(=O)O)c1. The highest BCUT2D eigenvalue weighted by Crippen LogP contribution is 2.11. The Morgan fingerprint density at radius 3 is 2.71 bits per heavy atom. The van der Waals surface area contributed by atoms with Gasteiger partial charge in [-0.05, 0) is 13.8 Å². The Kier molecular flexibility index (Phi) is 3.50. The summed E-state index contributed by atoms with van der Waals surface area (Å²) in [7, 11) is 0. The fraction of sp³-hybridized carbons (Fsp3) is 0.556.